The lowest BCUT2D eigenvalue weighted by Crippen LogP contribution is -2.54. The Bertz CT molecular complexity index is 1600. The molecule has 0 bridgehead atoms. The highest BCUT2D eigenvalue weighted by Gasteiger charge is 2.42. The Labute approximate surface area is 330 Å². The number of likely N-dealkylation sites (tertiary alicyclic amines) is 1. The third-order valence-electron chi connectivity index (χ3n) is 9.09. The number of hydrogen-bond donors (Lipinski definition) is 1. The van der Waals surface area contributed by atoms with Gasteiger partial charge >= 0.3 is 24.0 Å². The first kappa shape index (κ1) is 45.6. The summed E-state index contributed by atoms with van der Waals surface area (Å²) in [7, 11) is 0. The Hall–Kier alpha value is -4.79. The summed E-state index contributed by atoms with van der Waals surface area (Å²) in [5.74, 6) is -3.94. The minimum absolute atomic E-state index is 0.0927. The number of benzene rings is 1. The molecule has 15 heteroatoms. The van der Waals surface area contributed by atoms with Gasteiger partial charge in [-0.3, -0.25) is 24.1 Å². The highest BCUT2D eigenvalue weighted by atomic mass is 16.6. The van der Waals surface area contributed by atoms with E-state index in [0.717, 1.165) is 6.08 Å². The van der Waals surface area contributed by atoms with Crippen molar-refractivity contribution in [3.63, 3.8) is 0 Å². The maximum absolute atomic E-state index is 14.0. The van der Waals surface area contributed by atoms with Crippen molar-refractivity contribution >= 4 is 47.3 Å². The topological polar surface area (TPSA) is 178 Å². The number of esters is 3. The molecule has 310 valence electrons. The molecule has 2 aliphatic heterocycles. The first-order valence-corrected chi connectivity index (χ1v) is 19.3. The second-order valence-electron chi connectivity index (χ2n) is 16.8. The number of amides is 3. The van der Waals surface area contributed by atoms with Gasteiger partial charge in [-0.25, -0.2) is 14.4 Å². The second kappa shape index (κ2) is 19.9. The smallest absolute Gasteiger partial charge is 0.410 e. The van der Waals surface area contributed by atoms with Crippen molar-refractivity contribution in [2.75, 3.05) is 51.2 Å². The van der Waals surface area contributed by atoms with Crippen molar-refractivity contribution < 1.29 is 52.5 Å². The predicted octanol–water partition coefficient (Wildman–Crippen LogP) is 4.98. The molecule has 0 radical (unpaired) electrons. The molecule has 1 aromatic carbocycles. The van der Waals surface area contributed by atoms with Crippen LogP contribution in [0.5, 0.6) is 0 Å². The lowest BCUT2D eigenvalue weighted by Gasteiger charge is -2.37. The largest absolute Gasteiger partial charge is 0.461 e. The number of carbonyl (C=O) groups excluding carboxylic acids is 7. The SMILES string of the molecule is C=CC(=O)OCC(C)(C)C(=O)C(=O)N1CCCCC1C(=O)OC(CCN1CCN(C(=O)OC(C)(C)C)CC1)c1cccc(NC(=O)CCC(=O)OC(C)(C)C)c1. The molecule has 3 amide bonds. The van der Waals surface area contributed by atoms with Crippen molar-refractivity contribution in [1.29, 1.82) is 0 Å². The second-order valence-corrected chi connectivity index (χ2v) is 16.8. The number of ketones is 1. The molecule has 1 N–H and O–H groups in total. The average Bonchev–Trinajstić information content (AvgIpc) is 3.12. The summed E-state index contributed by atoms with van der Waals surface area (Å²) in [4.78, 5) is 95.4. The van der Waals surface area contributed by atoms with Crippen LogP contribution >= 0.6 is 0 Å². The molecule has 2 atom stereocenters. The molecule has 0 saturated carbocycles. The zero-order chi connectivity index (χ0) is 41.8. The molecule has 0 spiro atoms. The van der Waals surface area contributed by atoms with Gasteiger partial charge in [0.15, 0.2) is 0 Å². The number of rotatable bonds is 15. The Kier molecular flexibility index (Phi) is 16.2. The van der Waals surface area contributed by atoms with Crippen LogP contribution in [0.2, 0.25) is 0 Å². The lowest BCUT2D eigenvalue weighted by atomic mass is 9.87. The van der Waals surface area contributed by atoms with Crippen LogP contribution < -0.4 is 5.32 Å². The number of ether oxygens (including phenoxy) is 4. The third-order valence-corrected chi connectivity index (χ3v) is 9.09. The minimum atomic E-state index is -1.35. The summed E-state index contributed by atoms with van der Waals surface area (Å²) >= 11 is 0. The monoisotopic (exact) mass is 784 g/mol. The maximum Gasteiger partial charge on any atom is 0.410 e. The maximum atomic E-state index is 14.0. The van der Waals surface area contributed by atoms with Crippen LogP contribution in [0.25, 0.3) is 0 Å². The number of hydrogen-bond acceptors (Lipinski definition) is 12. The van der Waals surface area contributed by atoms with Gasteiger partial charge < -0.3 is 34.1 Å². The van der Waals surface area contributed by atoms with Crippen molar-refractivity contribution in [3.8, 4) is 0 Å². The zero-order valence-electron chi connectivity index (χ0n) is 34.3. The summed E-state index contributed by atoms with van der Waals surface area (Å²) in [6.45, 7) is 19.4. The molecule has 15 nitrogen and oxygen atoms in total. The van der Waals surface area contributed by atoms with E-state index in [0.29, 0.717) is 63.2 Å². The van der Waals surface area contributed by atoms with Gasteiger partial charge in [-0.2, -0.15) is 0 Å². The van der Waals surface area contributed by atoms with Gasteiger partial charge in [0, 0.05) is 63.9 Å². The molecule has 0 aromatic heterocycles. The Morgan fingerprint density at radius 1 is 0.875 bits per heavy atom. The molecule has 56 heavy (non-hydrogen) atoms. The summed E-state index contributed by atoms with van der Waals surface area (Å²) < 4.78 is 22.1. The van der Waals surface area contributed by atoms with E-state index in [2.05, 4.69) is 16.8 Å². The van der Waals surface area contributed by atoms with Gasteiger partial charge in [-0.1, -0.05) is 18.7 Å². The van der Waals surface area contributed by atoms with Crippen molar-refractivity contribution in [1.82, 2.24) is 14.7 Å². The van der Waals surface area contributed by atoms with E-state index in [9.17, 15) is 33.6 Å². The minimum Gasteiger partial charge on any atom is -0.461 e. The van der Waals surface area contributed by atoms with Crippen LogP contribution in [0.3, 0.4) is 0 Å². The molecule has 2 aliphatic rings. The number of piperidine rings is 1. The lowest BCUT2D eigenvalue weighted by molar-refractivity contribution is -0.165. The van der Waals surface area contributed by atoms with Gasteiger partial charge in [-0.15, -0.1) is 0 Å². The molecule has 2 unspecified atom stereocenters. The highest BCUT2D eigenvalue weighted by Crippen LogP contribution is 2.29. The molecular formula is C41H60N4O11. The average molecular weight is 785 g/mol. The summed E-state index contributed by atoms with van der Waals surface area (Å²) in [6, 6.07) is 5.85. The van der Waals surface area contributed by atoms with E-state index in [-0.39, 0.29) is 38.5 Å². The van der Waals surface area contributed by atoms with Gasteiger partial charge in [0.05, 0.1) is 11.8 Å². The van der Waals surface area contributed by atoms with E-state index in [4.69, 9.17) is 18.9 Å². The number of piperazine rings is 1. The fourth-order valence-electron chi connectivity index (χ4n) is 6.16. The summed E-state index contributed by atoms with van der Waals surface area (Å²) in [5, 5.41) is 2.80. The number of nitrogens with one attached hydrogen (secondary N) is 1. The molecule has 1 aromatic rings. The molecule has 2 saturated heterocycles. The Balaban J connectivity index is 1.78. The first-order valence-electron chi connectivity index (χ1n) is 19.3. The van der Waals surface area contributed by atoms with Crippen LogP contribution in [0.1, 0.15) is 106 Å². The molecule has 2 heterocycles. The quantitative estimate of drug-likeness (QED) is 0.109. The zero-order valence-corrected chi connectivity index (χ0v) is 34.3. The van der Waals surface area contributed by atoms with Crippen LogP contribution in [-0.4, -0.2) is 119 Å². The third kappa shape index (κ3) is 14.7. The highest BCUT2D eigenvalue weighted by molar-refractivity contribution is 6.38. The van der Waals surface area contributed by atoms with E-state index in [1.54, 1.807) is 49.9 Å². The van der Waals surface area contributed by atoms with Gasteiger partial charge in [0.25, 0.3) is 5.91 Å². The normalized spacial score (nSPS) is 17.2. The number of nitrogens with zero attached hydrogens (tertiary/aromatic N) is 3. The van der Waals surface area contributed by atoms with E-state index in [1.165, 1.54) is 18.7 Å². The molecular weight excluding hydrogens is 724 g/mol. The predicted molar refractivity (Wildman–Crippen MR) is 207 cm³/mol. The van der Waals surface area contributed by atoms with Crippen LogP contribution in [-0.2, 0) is 47.7 Å². The fourth-order valence-corrected chi connectivity index (χ4v) is 6.16. The van der Waals surface area contributed by atoms with Gasteiger partial charge in [-0.05, 0) is 92.3 Å². The van der Waals surface area contributed by atoms with Crippen molar-refractivity contribution in [2.24, 2.45) is 5.41 Å². The van der Waals surface area contributed by atoms with Gasteiger partial charge in [0.1, 0.15) is 30.0 Å². The van der Waals surface area contributed by atoms with E-state index >= 15 is 0 Å². The standard InChI is InChI=1S/C41H60N4O11/c1-10-33(47)53-27-41(8,9)35(49)36(50)45-20-12-11-16-30(45)37(51)54-31(19-21-43-22-24-44(25-23-43)38(52)56-40(5,6)7)28-14-13-15-29(26-28)42-32(46)17-18-34(48)55-39(2,3)4/h10,13-15,26,30-31H,1,11-12,16-25,27H2,2-9H3,(H,42,46). The summed E-state index contributed by atoms with van der Waals surface area (Å²) in [5.41, 5.74) is -1.61. The number of anilines is 1. The Morgan fingerprint density at radius 3 is 2.16 bits per heavy atom. The number of Topliss-reactive ketones (excluding diaryl/α,β-unsaturated/α-hetero) is 1. The molecule has 3 rings (SSSR count). The summed E-state index contributed by atoms with van der Waals surface area (Å²) in [6.07, 6.45) is 1.45. The van der Waals surface area contributed by atoms with Crippen LogP contribution in [0.15, 0.2) is 36.9 Å². The van der Waals surface area contributed by atoms with E-state index < -0.39 is 64.3 Å². The van der Waals surface area contributed by atoms with Crippen LogP contribution in [0, 0.1) is 5.41 Å². The van der Waals surface area contributed by atoms with Crippen LogP contribution in [0.4, 0.5) is 10.5 Å². The fraction of sp³-hybridized carbons (Fsp3) is 0.634. The molecule has 0 aliphatic carbocycles. The molecule has 2 fully saturated rings. The Morgan fingerprint density at radius 2 is 1.54 bits per heavy atom. The first-order chi connectivity index (χ1) is 26.1. The van der Waals surface area contributed by atoms with Crippen molar-refractivity contribution in [2.45, 2.75) is 117 Å². The van der Waals surface area contributed by atoms with E-state index in [1.807, 2.05) is 20.8 Å². The number of carbonyl (C=O) groups is 7. The van der Waals surface area contributed by atoms with Crippen molar-refractivity contribution in [3.05, 3.63) is 42.5 Å². The van der Waals surface area contributed by atoms with Gasteiger partial charge in [0.2, 0.25) is 11.7 Å².